The highest BCUT2D eigenvalue weighted by molar-refractivity contribution is 6.33. The predicted molar refractivity (Wildman–Crippen MR) is 172 cm³/mol. The Hall–Kier alpha value is -5.41. The van der Waals surface area contributed by atoms with E-state index in [1.165, 1.54) is 6.21 Å². The molecule has 0 aliphatic heterocycles. The van der Waals surface area contributed by atoms with Crippen LogP contribution in [-0.4, -0.2) is 44.7 Å². The number of hydrogen-bond acceptors (Lipinski definition) is 7. The second-order valence-corrected chi connectivity index (χ2v) is 9.98. The van der Waals surface area contributed by atoms with E-state index in [4.69, 9.17) is 21.1 Å². The fourth-order valence-electron chi connectivity index (χ4n) is 3.94. The molecule has 10 heteroatoms. The molecule has 0 saturated heterocycles. The van der Waals surface area contributed by atoms with Crippen LogP contribution in [0.5, 0.6) is 11.5 Å². The van der Waals surface area contributed by atoms with Crippen LogP contribution in [0.2, 0.25) is 5.02 Å². The van der Waals surface area contributed by atoms with Crippen LogP contribution in [0.4, 0.5) is 5.69 Å². The highest BCUT2D eigenvalue weighted by Gasteiger charge is 2.17. The van der Waals surface area contributed by atoms with Crippen molar-refractivity contribution in [2.75, 3.05) is 25.6 Å². The summed E-state index contributed by atoms with van der Waals surface area (Å²) in [6.45, 7) is 2.12. The first-order valence-electron chi connectivity index (χ1n) is 13.7. The fourth-order valence-corrected chi connectivity index (χ4v) is 4.16. The van der Waals surface area contributed by atoms with Crippen molar-refractivity contribution < 1.29 is 23.9 Å². The van der Waals surface area contributed by atoms with E-state index in [9.17, 15) is 14.4 Å². The van der Waals surface area contributed by atoms with Gasteiger partial charge in [0.25, 0.3) is 11.8 Å². The monoisotopic (exact) mass is 610 g/mol. The van der Waals surface area contributed by atoms with Crippen molar-refractivity contribution in [3.05, 3.63) is 130 Å². The fraction of sp³-hybridized carbons (Fsp3) is 0.118. The second-order valence-electron chi connectivity index (χ2n) is 9.57. The van der Waals surface area contributed by atoms with E-state index >= 15 is 0 Å². The lowest BCUT2D eigenvalue weighted by Gasteiger charge is -2.13. The molecule has 4 rings (SSSR count). The number of nitrogens with one attached hydrogen (secondary N) is 2. The van der Waals surface area contributed by atoms with Gasteiger partial charge in [-0.25, -0.2) is 10.2 Å². The molecule has 224 valence electrons. The summed E-state index contributed by atoms with van der Waals surface area (Å²) < 4.78 is 11.2. The van der Waals surface area contributed by atoms with E-state index in [0.29, 0.717) is 29.0 Å². The van der Waals surface area contributed by atoms with Crippen LogP contribution in [0.15, 0.2) is 108 Å². The van der Waals surface area contributed by atoms with Gasteiger partial charge in [-0.15, -0.1) is 0 Å². The van der Waals surface area contributed by atoms with Gasteiger partial charge in [0.2, 0.25) is 0 Å². The SMILES string of the molecule is CCOc1cc(/C=N\NC(=O)/C(=C/c2ccc(N(C)C)cc2)NC(=O)c2ccccc2)ccc1OC(=O)c1ccccc1Cl. The molecular formula is C34H31ClN4O5. The molecule has 4 aromatic carbocycles. The molecule has 0 fully saturated rings. The maximum atomic E-state index is 13.2. The van der Waals surface area contributed by atoms with E-state index in [1.54, 1.807) is 85.8 Å². The van der Waals surface area contributed by atoms with Crippen LogP contribution >= 0.6 is 11.6 Å². The van der Waals surface area contributed by atoms with Crippen molar-refractivity contribution in [3.8, 4) is 11.5 Å². The summed E-state index contributed by atoms with van der Waals surface area (Å²) in [5, 5.41) is 7.02. The van der Waals surface area contributed by atoms with E-state index in [-0.39, 0.29) is 22.0 Å². The zero-order valence-corrected chi connectivity index (χ0v) is 25.2. The molecule has 9 nitrogen and oxygen atoms in total. The van der Waals surface area contributed by atoms with Crippen LogP contribution in [-0.2, 0) is 4.79 Å². The summed E-state index contributed by atoms with van der Waals surface area (Å²) in [7, 11) is 3.86. The van der Waals surface area contributed by atoms with Gasteiger partial charge in [0, 0.05) is 25.3 Å². The number of halogens is 1. The Balaban J connectivity index is 1.51. The smallest absolute Gasteiger partial charge is 0.345 e. The average Bonchev–Trinajstić information content (AvgIpc) is 3.02. The summed E-state index contributed by atoms with van der Waals surface area (Å²) in [4.78, 5) is 40.7. The van der Waals surface area contributed by atoms with Gasteiger partial charge in [0.05, 0.1) is 23.4 Å². The van der Waals surface area contributed by atoms with Crippen molar-refractivity contribution in [1.82, 2.24) is 10.7 Å². The minimum Gasteiger partial charge on any atom is -0.490 e. The first kappa shape index (κ1) is 31.5. The number of anilines is 1. The van der Waals surface area contributed by atoms with E-state index in [2.05, 4.69) is 15.8 Å². The largest absolute Gasteiger partial charge is 0.490 e. The molecule has 0 heterocycles. The van der Waals surface area contributed by atoms with Crippen molar-refractivity contribution in [2.45, 2.75) is 6.92 Å². The molecule has 0 spiro atoms. The van der Waals surface area contributed by atoms with Crippen molar-refractivity contribution in [1.29, 1.82) is 0 Å². The molecule has 2 amide bonds. The van der Waals surface area contributed by atoms with Crippen molar-refractivity contribution in [2.24, 2.45) is 5.10 Å². The molecule has 0 aromatic heterocycles. The first-order chi connectivity index (χ1) is 21.2. The van der Waals surface area contributed by atoms with E-state index < -0.39 is 17.8 Å². The first-order valence-corrected chi connectivity index (χ1v) is 14.1. The number of rotatable bonds is 11. The normalized spacial score (nSPS) is 11.1. The van der Waals surface area contributed by atoms with Gasteiger partial charge < -0.3 is 19.7 Å². The molecule has 2 N–H and O–H groups in total. The molecule has 0 saturated carbocycles. The molecule has 0 bridgehead atoms. The number of carbonyl (C=O) groups excluding carboxylic acids is 3. The predicted octanol–water partition coefficient (Wildman–Crippen LogP) is 5.95. The molecule has 0 radical (unpaired) electrons. The summed E-state index contributed by atoms with van der Waals surface area (Å²) in [6, 6.07) is 27.5. The van der Waals surface area contributed by atoms with Crippen LogP contribution < -0.4 is 25.1 Å². The van der Waals surface area contributed by atoms with Crippen LogP contribution in [0, 0.1) is 0 Å². The van der Waals surface area contributed by atoms with Crippen LogP contribution in [0.25, 0.3) is 6.08 Å². The number of amides is 2. The highest BCUT2D eigenvalue weighted by Crippen LogP contribution is 2.29. The van der Waals surface area contributed by atoms with Gasteiger partial charge in [0.15, 0.2) is 11.5 Å². The average molecular weight is 611 g/mol. The Morgan fingerprint density at radius 2 is 1.55 bits per heavy atom. The van der Waals surface area contributed by atoms with Crippen LogP contribution in [0.1, 0.15) is 38.8 Å². The molecule has 0 aliphatic rings. The molecule has 0 unspecified atom stereocenters. The number of nitrogens with zero attached hydrogens (tertiary/aromatic N) is 2. The maximum Gasteiger partial charge on any atom is 0.345 e. The Bertz CT molecular complexity index is 1690. The van der Waals surface area contributed by atoms with E-state index in [1.807, 2.05) is 43.3 Å². The maximum absolute atomic E-state index is 13.2. The van der Waals surface area contributed by atoms with Gasteiger partial charge in [-0.2, -0.15) is 5.10 Å². The van der Waals surface area contributed by atoms with Gasteiger partial charge in [-0.3, -0.25) is 9.59 Å². The summed E-state index contributed by atoms with van der Waals surface area (Å²) in [6.07, 6.45) is 2.98. The van der Waals surface area contributed by atoms with Crippen molar-refractivity contribution in [3.63, 3.8) is 0 Å². The number of carbonyl (C=O) groups is 3. The lowest BCUT2D eigenvalue weighted by molar-refractivity contribution is -0.117. The number of hydrazone groups is 1. The Labute approximate surface area is 260 Å². The lowest BCUT2D eigenvalue weighted by atomic mass is 10.1. The number of hydrogen-bond donors (Lipinski definition) is 2. The summed E-state index contributed by atoms with van der Waals surface area (Å²) >= 11 is 6.13. The summed E-state index contributed by atoms with van der Waals surface area (Å²) in [5.41, 5.74) is 5.35. The summed E-state index contributed by atoms with van der Waals surface area (Å²) in [5.74, 6) is -1.19. The Morgan fingerprint density at radius 1 is 0.864 bits per heavy atom. The number of benzene rings is 4. The topological polar surface area (TPSA) is 109 Å². The molecular weight excluding hydrogens is 580 g/mol. The zero-order valence-electron chi connectivity index (χ0n) is 24.4. The molecule has 0 atom stereocenters. The highest BCUT2D eigenvalue weighted by atomic mass is 35.5. The Kier molecular flexibility index (Phi) is 10.9. The van der Waals surface area contributed by atoms with Crippen molar-refractivity contribution >= 4 is 47.4 Å². The van der Waals surface area contributed by atoms with Gasteiger partial charge in [-0.05, 0) is 78.7 Å². The number of esters is 1. The second kappa shape index (κ2) is 15.2. The van der Waals surface area contributed by atoms with Crippen LogP contribution in [0.3, 0.4) is 0 Å². The minimum atomic E-state index is -0.627. The standard InChI is InChI=1S/C34H31ClN4O5/c1-4-43-31-21-24(16-19-30(31)44-34(42)27-12-8-9-13-28(27)35)22-36-38-33(41)29(37-32(40)25-10-6-5-7-11-25)20-23-14-17-26(18-15-23)39(2)3/h5-22H,4H2,1-3H3,(H,37,40)(H,38,41)/b29-20-,36-22-. The quantitative estimate of drug-likeness (QED) is 0.0715. The molecule has 0 aliphatic carbocycles. The molecule has 44 heavy (non-hydrogen) atoms. The van der Waals surface area contributed by atoms with E-state index in [0.717, 1.165) is 5.69 Å². The third-order valence-electron chi connectivity index (χ3n) is 6.19. The number of ether oxygens (including phenoxy) is 2. The Morgan fingerprint density at radius 3 is 2.23 bits per heavy atom. The zero-order chi connectivity index (χ0) is 31.5. The third-order valence-corrected chi connectivity index (χ3v) is 6.52. The van der Waals surface area contributed by atoms with Gasteiger partial charge in [0.1, 0.15) is 5.70 Å². The minimum absolute atomic E-state index is 0.00504. The third kappa shape index (κ3) is 8.56. The van der Waals surface area contributed by atoms with Gasteiger partial charge >= 0.3 is 5.97 Å². The van der Waals surface area contributed by atoms with Gasteiger partial charge in [-0.1, -0.05) is 54.1 Å². The lowest BCUT2D eigenvalue weighted by Crippen LogP contribution is -2.32. The molecule has 4 aromatic rings.